The molecule has 0 fully saturated rings. The molecule has 6 nitrogen and oxygen atoms in total. The Morgan fingerprint density at radius 3 is 2.50 bits per heavy atom. The lowest BCUT2D eigenvalue weighted by Crippen LogP contribution is -2.44. The molecule has 0 aliphatic heterocycles. The number of nitrogens with one attached hydrogen (secondary N) is 1. The molecule has 1 rings (SSSR count). The molecular weight excluding hydrogens is 282 g/mol. The number of rotatable bonds is 7. The van der Waals surface area contributed by atoms with Gasteiger partial charge in [0.2, 0.25) is 5.91 Å². The Morgan fingerprint density at radius 1 is 1.40 bits per heavy atom. The molecule has 0 heterocycles. The molecular formula is C13H20ClN3O3. The molecule has 0 bridgehead atoms. The molecule has 7 heteroatoms. The molecule has 1 atom stereocenters. The molecule has 0 saturated heterocycles. The summed E-state index contributed by atoms with van der Waals surface area (Å²) in [5.41, 5.74) is 6.61. The van der Waals surface area contributed by atoms with Crippen LogP contribution in [0, 0.1) is 0 Å². The van der Waals surface area contributed by atoms with E-state index in [2.05, 4.69) is 5.32 Å². The molecule has 0 saturated carbocycles. The first-order chi connectivity index (χ1) is 9.49. The van der Waals surface area contributed by atoms with Crippen molar-refractivity contribution in [2.75, 3.05) is 37.4 Å². The summed E-state index contributed by atoms with van der Waals surface area (Å²) in [6, 6.07) is 4.36. The molecule has 5 N–H and O–H groups in total. The number of carbonyl (C=O) groups is 1. The first-order valence-electron chi connectivity index (χ1n) is 6.31. The van der Waals surface area contributed by atoms with E-state index < -0.39 is 6.04 Å². The summed E-state index contributed by atoms with van der Waals surface area (Å²) in [6.45, 7) is 2.19. The van der Waals surface area contributed by atoms with E-state index in [9.17, 15) is 4.79 Å². The molecule has 0 aliphatic rings. The maximum atomic E-state index is 12.1. The van der Waals surface area contributed by atoms with Gasteiger partial charge in [-0.1, -0.05) is 11.6 Å². The van der Waals surface area contributed by atoms with Gasteiger partial charge in [-0.05, 0) is 25.1 Å². The lowest BCUT2D eigenvalue weighted by Gasteiger charge is -2.26. The van der Waals surface area contributed by atoms with Crippen molar-refractivity contribution in [1.29, 1.82) is 0 Å². The number of carbonyl (C=O) groups excluding carboxylic acids is 1. The minimum Gasteiger partial charge on any atom is -0.397 e. The van der Waals surface area contributed by atoms with Crippen LogP contribution in [0.1, 0.15) is 6.92 Å². The van der Waals surface area contributed by atoms with E-state index >= 15 is 0 Å². The second kappa shape index (κ2) is 8.06. The van der Waals surface area contributed by atoms with Gasteiger partial charge in [-0.25, -0.2) is 0 Å². The third kappa shape index (κ3) is 4.64. The van der Waals surface area contributed by atoms with Gasteiger partial charge in [0, 0.05) is 18.8 Å². The monoisotopic (exact) mass is 301 g/mol. The van der Waals surface area contributed by atoms with Gasteiger partial charge in [-0.15, -0.1) is 0 Å². The number of nitrogens with two attached hydrogens (primary N) is 1. The molecule has 0 radical (unpaired) electrons. The van der Waals surface area contributed by atoms with Crippen LogP contribution in [-0.4, -0.2) is 53.4 Å². The van der Waals surface area contributed by atoms with E-state index in [4.69, 9.17) is 27.5 Å². The predicted octanol–water partition coefficient (Wildman–Crippen LogP) is 0.536. The molecule has 0 aromatic heterocycles. The zero-order valence-corrected chi connectivity index (χ0v) is 12.1. The molecule has 1 unspecified atom stereocenters. The van der Waals surface area contributed by atoms with Gasteiger partial charge >= 0.3 is 0 Å². The topological polar surface area (TPSA) is 98.8 Å². The van der Waals surface area contributed by atoms with Crippen molar-refractivity contribution in [3.8, 4) is 0 Å². The van der Waals surface area contributed by atoms with Gasteiger partial charge in [-0.3, -0.25) is 9.69 Å². The minimum atomic E-state index is -0.480. The summed E-state index contributed by atoms with van der Waals surface area (Å²) in [6.07, 6.45) is 0. The quantitative estimate of drug-likeness (QED) is 0.551. The average molecular weight is 302 g/mol. The smallest absolute Gasteiger partial charge is 0.241 e. The summed E-state index contributed by atoms with van der Waals surface area (Å²) in [5.74, 6) is -0.242. The Morgan fingerprint density at radius 2 is 2.00 bits per heavy atom. The number of halogens is 1. The van der Waals surface area contributed by atoms with E-state index in [1.54, 1.807) is 30.0 Å². The minimum absolute atomic E-state index is 0.0779. The molecule has 0 aliphatic carbocycles. The Kier molecular flexibility index (Phi) is 6.74. The van der Waals surface area contributed by atoms with Gasteiger partial charge in [0.15, 0.2) is 0 Å². The molecule has 1 aromatic rings. The molecule has 1 aromatic carbocycles. The van der Waals surface area contributed by atoms with Crippen LogP contribution in [0.4, 0.5) is 11.4 Å². The van der Waals surface area contributed by atoms with Crippen LogP contribution < -0.4 is 11.1 Å². The number of hydrogen-bond donors (Lipinski definition) is 4. The lowest BCUT2D eigenvalue weighted by molar-refractivity contribution is -0.121. The fourth-order valence-electron chi connectivity index (χ4n) is 1.79. The Labute approximate surface area is 123 Å². The zero-order chi connectivity index (χ0) is 15.1. The van der Waals surface area contributed by atoms with E-state index in [1.807, 2.05) is 0 Å². The SMILES string of the molecule is CC(C(=O)Nc1ccc(Cl)c(N)c1)N(CCO)CCO. The van der Waals surface area contributed by atoms with Crippen LogP contribution in [0.25, 0.3) is 0 Å². The van der Waals surface area contributed by atoms with Crippen LogP contribution in [0.2, 0.25) is 5.02 Å². The zero-order valence-electron chi connectivity index (χ0n) is 11.3. The lowest BCUT2D eigenvalue weighted by atomic mass is 10.2. The second-order valence-corrected chi connectivity index (χ2v) is 4.79. The Hall–Kier alpha value is -1.34. The van der Waals surface area contributed by atoms with E-state index in [0.717, 1.165) is 0 Å². The van der Waals surface area contributed by atoms with Crippen molar-refractivity contribution in [1.82, 2.24) is 4.90 Å². The molecule has 1 amide bonds. The summed E-state index contributed by atoms with van der Waals surface area (Å²) < 4.78 is 0. The maximum absolute atomic E-state index is 12.1. The average Bonchev–Trinajstić information content (AvgIpc) is 2.42. The highest BCUT2D eigenvalue weighted by atomic mass is 35.5. The van der Waals surface area contributed by atoms with Gasteiger partial charge in [0.1, 0.15) is 0 Å². The van der Waals surface area contributed by atoms with Gasteiger partial charge in [0.05, 0.1) is 30.0 Å². The van der Waals surface area contributed by atoms with Crippen molar-refractivity contribution >= 4 is 28.9 Å². The number of hydrogen-bond acceptors (Lipinski definition) is 5. The predicted molar refractivity (Wildman–Crippen MR) is 79.7 cm³/mol. The summed E-state index contributed by atoms with van der Waals surface area (Å²) >= 11 is 5.81. The Balaban J connectivity index is 2.70. The standard InChI is InChI=1S/C13H20ClN3O3/c1-9(17(4-6-18)5-7-19)13(20)16-10-2-3-11(14)12(15)8-10/h2-3,8-9,18-19H,4-7,15H2,1H3,(H,16,20). The van der Waals surface area contributed by atoms with Gasteiger partial charge < -0.3 is 21.3 Å². The maximum Gasteiger partial charge on any atom is 0.241 e. The van der Waals surface area contributed by atoms with Crippen molar-refractivity contribution < 1.29 is 15.0 Å². The largest absolute Gasteiger partial charge is 0.397 e. The number of nitrogen functional groups attached to an aromatic ring is 1. The molecule has 20 heavy (non-hydrogen) atoms. The first kappa shape index (κ1) is 16.7. The van der Waals surface area contributed by atoms with Gasteiger partial charge in [0.25, 0.3) is 0 Å². The first-order valence-corrected chi connectivity index (χ1v) is 6.69. The highest BCUT2D eigenvalue weighted by Gasteiger charge is 2.20. The van der Waals surface area contributed by atoms with E-state index in [0.29, 0.717) is 29.5 Å². The normalized spacial score (nSPS) is 12.4. The highest BCUT2D eigenvalue weighted by Crippen LogP contribution is 2.22. The number of aliphatic hydroxyl groups is 2. The van der Waals surface area contributed by atoms with Crippen LogP contribution in [-0.2, 0) is 4.79 Å². The summed E-state index contributed by atoms with van der Waals surface area (Å²) in [4.78, 5) is 13.8. The molecule has 0 spiro atoms. The van der Waals surface area contributed by atoms with Crippen molar-refractivity contribution in [3.05, 3.63) is 23.2 Å². The van der Waals surface area contributed by atoms with Crippen LogP contribution in [0.3, 0.4) is 0 Å². The third-order valence-electron chi connectivity index (χ3n) is 2.97. The second-order valence-electron chi connectivity index (χ2n) is 4.38. The number of aliphatic hydroxyl groups excluding tert-OH is 2. The summed E-state index contributed by atoms with van der Waals surface area (Å²) in [5, 5.41) is 21.1. The highest BCUT2D eigenvalue weighted by molar-refractivity contribution is 6.33. The number of anilines is 2. The summed E-state index contributed by atoms with van der Waals surface area (Å²) in [7, 11) is 0. The van der Waals surface area contributed by atoms with Crippen LogP contribution >= 0.6 is 11.6 Å². The fraction of sp³-hybridized carbons (Fsp3) is 0.462. The third-order valence-corrected chi connectivity index (χ3v) is 3.31. The van der Waals surface area contributed by atoms with Crippen LogP contribution in [0.5, 0.6) is 0 Å². The van der Waals surface area contributed by atoms with Crippen molar-refractivity contribution in [2.45, 2.75) is 13.0 Å². The van der Waals surface area contributed by atoms with E-state index in [1.165, 1.54) is 0 Å². The number of benzene rings is 1. The number of nitrogens with zero attached hydrogens (tertiary/aromatic N) is 1. The van der Waals surface area contributed by atoms with Crippen molar-refractivity contribution in [2.24, 2.45) is 0 Å². The van der Waals surface area contributed by atoms with Crippen molar-refractivity contribution in [3.63, 3.8) is 0 Å². The molecule has 112 valence electrons. The van der Waals surface area contributed by atoms with Crippen LogP contribution in [0.15, 0.2) is 18.2 Å². The Bertz CT molecular complexity index is 450. The number of amides is 1. The fourth-order valence-corrected chi connectivity index (χ4v) is 1.91. The van der Waals surface area contributed by atoms with Gasteiger partial charge in [-0.2, -0.15) is 0 Å². The van der Waals surface area contributed by atoms with E-state index in [-0.39, 0.29) is 19.1 Å².